The van der Waals surface area contributed by atoms with Crippen molar-refractivity contribution in [1.82, 2.24) is 0 Å². The number of hydrogen-bond acceptors (Lipinski definition) is 22. The van der Waals surface area contributed by atoms with Gasteiger partial charge in [-0.1, -0.05) is 0 Å². The first-order valence-corrected chi connectivity index (χ1v) is 14.0. The summed E-state index contributed by atoms with van der Waals surface area (Å²) in [5.74, 6) is -3.68. The maximum Gasteiger partial charge on any atom is 0.335 e. The molecule has 25 heteroatoms. The van der Waals surface area contributed by atoms with E-state index in [1.807, 2.05) is 0 Å². The summed E-state index contributed by atoms with van der Waals surface area (Å²) in [4.78, 5) is 21.4. The van der Waals surface area contributed by atoms with Crippen LogP contribution in [0.3, 0.4) is 0 Å². The van der Waals surface area contributed by atoms with E-state index in [4.69, 9.17) is 49.6 Å². The summed E-state index contributed by atoms with van der Waals surface area (Å²) in [6.45, 7) is -3.52. The molecule has 0 aliphatic carbocycles. The number of rotatable bonds is 16. The molecule has 0 bridgehead atoms. The molecule has 2 heterocycles. The maximum atomic E-state index is 10.7. The molecule has 2 aliphatic heterocycles. The van der Waals surface area contributed by atoms with Crippen LogP contribution in [0, 0.1) is 0 Å². The molecule has 2 aliphatic rings. The Morgan fingerprint density at radius 1 is 0.531 bits per heavy atom. The van der Waals surface area contributed by atoms with E-state index in [2.05, 4.69) is 0 Å². The first-order chi connectivity index (χ1) is 22.3. The van der Waals surface area contributed by atoms with Crippen molar-refractivity contribution in [1.29, 1.82) is 0 Å². The molecule has 0 aromatic heterocycles. The second-order valence-electron chi connectivity index (χ2n) is 10.6. The summed E-state index contributed by atoms with van der Waals surface area (Å²) in [6.07, 6.45) is -33.9. The van der Waals surface area contributed by atoms with Crippen LogP contribution >= 0.6 is 0 Å². The van der Waals surface area contributed by atoms with Gasteiger partial charge in [0.1, 0.15) is 85.5 Å². The van der Waals surface area contributed by atoms with Crippen molar-refractivity contribution >= 4 is 11.9 Å². The van der Waals surface area contributed by atoms with Crippen molar-refractivity contribution < 1.29 is 140 Å². The number of hydrogen-bond donors (Lipinski definition) is 18. The van der Waals surface area contributed by atoms with Crippen LogP contribution in [0.25, 0.3) is 0 Å². The van der Waals surface area contributed by atoms with Crippen molar-refractivity contribution in [2.75, 3.05) is 26.4 Å². The van der Waals surface area contributed by atoms with Crippen LogP contribution in [0.15, 0.2) is 0 Å². The van der Waals surface area contributed by atoms with E-state index in [1.54, 1.807) is 0 Å². The Morgan fingerprint density at radius 2 is 0.816 bits per heavy atom. The van der Waals surface area contributed by atoms with E-state index < -0.39 is 149 Å². The molecule has 0 aromatic rings. The summed E-state index contributed by atoms with van der Waals surface area (Å²) >= 11 is 0. The van der Waals surface area contributed by atoms with Crippen LogP contribution in [0.4, 0.5) is 0 Å². The van der Waals surface area contributed by atoms with Gasteiger partial charge >= 0.3 is 11.9 Å². The predicted octanol–water partition coefficient (Wildman–Crippen LogP) is -11.3. The van der Waals surface area contributed by atoms with Gasteiger partial charge in [-0.3, -0.25) is 0 Å². The Bertz CT molecular complexity index is 888. The summed E-state index contributed by atoms with van der Waals surface area (Å²) in [6, 6.07) is 0. The van der Waals surface area contributed by atoms with E-state index in [0.717, 1.165) is 0 Å². The van der Waals surface area contributed by atoms with Gasteiger partial charge in [0.2, 0.25) is 0 Å². The topological polar surface area (TPSA) is 435 Å². The minimum absolute atomic E-state index is 0. The molecule has 0 spiro atoms. The molecule has 49 heavy (non-hydrogen) atoms. The Balaban J connectivity index is 0.000000922. The SMILES string of the molecule is O=C(O)[C@H](O)[C@@H](O)[C@H](O[C@@H]1OC(CO)[C@H](O)[C@H](O)C1O)[C@H](O)CO.O=C(O)[C@H](O)[C@@H](O)[C@H](O[C@@H]1OC(CO)[C@H](O)[C@H](O)C1O)[C@H](O)CO.[Zn]. The van der Waals surface area contributed by atoms with Crippen LogP contribution in [0.5, 0.6) is 0 Å². The van der Waals surface area contributed by atoms with Crippen LogP contribution in [-0.2, 0) is 48.0 Å². The average molecular weight is 782 g/mol. The van der Waals surface area contributed by atoms with Crippen molar-refractivity contribution in [3.05, 3.63) is 0 Å². The molecule has 2 rings (SSSR count). The van der Waals surface area contributed by atoms with Crippen LogP contribution < -0.4 is 0 Å². The standard InChI is InChI=1S/2C12H22O12.Zn/c2*13-1-3(15)10(7(18)8(19)11(21)22)24-12-9(20)6(17)5(16)4(2-14)23-12;/h2*3-10,12-20H,1-2H2,(H,21,22);/t2*3-,4?,5+,6+,7-,8-,9?,10-,12+;/m11./s1. The van der Waals surface area contributed by atoms with Gasteiger partial charge in [-0.05, 0) is 0 Å². The van der Waals surface area contributed by atoms with Crippen molar-refractivity contribution in [2.45, 2.75) is 110 Å². The largest absolute Gasteiger partial charge is 0.479 e. The number of aliphatic hydroxyl groups is 16. The molecule has 0 saturated carbocycles. The predicted molar refractivity (Wildman–Crippen MR) is 143 cm³/mol. The third-order valence-electron chi connectivity index (χ3n) is 7.24. The minimum atomic E-state index is -2.39. The molecular weight excluding hydrogens is 738 g/mol. The van der Waals surface area contributed by atoms with Crippen LogP contribution in [-0.4, -0.2) is 241 Å². The van der Waals surface area contributed by atoms with E-state index in [1.165, 1.54) is 0 Å². The van der Waals surface area contributed by atoms with Gasteiger partial charge in [0, 0.05) is 19.5 Å². The fraction of sp³-hybridized carbons (Fsp3) is 0.917. The van der Waals surface area contributed by atoms with Gasteiger partial charge < -0.3 is 111 Å². The molecule has 286 valence electrons. The second-order valence-corrected chi connectivity index (χ2v) is 10.6. The number of carboxylic acid groups (broad SMARTS) is 2. The quantitative estimate of drug-likeness (QED) is 0.0646. The zero-order valence-corrected chi connectivity index (χ0v) is 28.4. The van der Waals surface area contributed by atoms with Crippen LogP contribution in [0.1, 0.15) is 0 Å². The number of aliphatic carboxylic acids is 2. The van der Waals surface area contributed by atoms with Gasteiger partial charge in [0.15, 0.2) is 24.8 Å². The number of carboxylic acids is 2. The molecule has 18 N–H and O–H groups in total. The van der Waals surface area contributed by atoms with E-state index in [9.17, 15) is 70.9 Å². The molecule has 2 saturated heterocycles. The van der Waals surface area contributed by atoms with E-state index in [0.29, 0.717) is 0 Å². The molecule has 0 amide bonds. The Kier molecular flexibility index (Phi) is 21.4. The van der Waals surface area contributed by atoms with Gasteiger partial charge in [0.05, 0.1) is 26.4 Å². The molecule has 0 aromatic carbocycles. The Labute approximate surface area is 288 Å². The molecular formula is C24H44O24Zn. The smallest absolute Gasteiger partial charge is 0.335 e. The van der Waals surface area contributed by atoms with Crippen LogP contribution in [0.2, 0.25) is 0 Å². The zero-order chi connectivity index (χ0) is 37.2. The number of ether oxygens (including phenoxy) is 4. The molecule has 4 unspecified atom stereocenters. The maximum absolute atomic E-state index is 10.7. The van der Waals surface area contributed by atoms with Crippen molar-refractivity contribution in [2.24, 2.45) is 0 Å². The third kappa shape index (κ3) is 12.4. The van der Waals surface area contributed by atoms with Gasteiger partial charge in [0.25, 0.3) is 0 Å². The Hall–Kier alpha value is -1.24. The van der Waals surface area contributed by atoms with E-state index >= 15 is 0 Å². The molecule has 24 nitrogen and oxygen atoms in total. The normalized spacial score (nSPS) is 35.2. The fourth-order valence-electron chi connectivity index (χ4n) is 4.33. The van der Waals surface area contributed by atoms with Gasteiger partial charge in [-0.25, -0.2) is 9.59 Å². The first-order valence-electron chi connectivity index (χ1n) is 14.0. The number of aliphatic hydroxyl groups excluding tert-OH is 16. The van der Waals surface area contributed by atoms with Gasteiger partial charge in [-0.2, -0.15) is 0 Å². The summed E-state index contributed by atoms with van der Waals surface area (Å²) in [5.41, 5.74) is 0. The minimum Gasteiger partial charge on any atom is -0.479 e. The first kappa shape index (κ1) is 47.8. The Morgan fingerprint density at radius 3 is 1.04 bits per heavy atom. The van der Waals surface area contributed by atoms with Gasteiger partial charge in [-0.15, -0.1) is 0 Å². The fourth-order valence-corrected chi connectivity index (χ4v) is 4.33. The third-order valence-corrected chi connectivity index (χ3v) is 7.24. The van der Waals surface area contributed by atoms with Crippen molar-refractivity contribution in [3.63, 3.8) is 0 Å². The summed E-state index contributed by atoms with van der Waals surface area (Å²) < 4.78 is 20.0. The molecule has 18 atom stereocenters. The molecule has 0 radical (unpaired) electrons. The second kappa shape index (κ2) is 22.0. The zero-order valence-electron chi connectivity index (χ0n) is 25.4. The summed E-state index contributed by atoms with van der Waals surface area (Å²) in [5, 5.41) is 169. The average Bonchev–Trinajstić information content (AvgIpc) is 3.07. The number of carbonyl (C=O) groups is 2. The summed E-state index contributed by atoms with van der Waals surface area (Å²) in [7, 11) is 0. The van der Waals surface area contributed by atoms with E-state index in [-0.39, 0.29) is 19.5 Å². The molecule has 2 fully saturated rings. The monoisotopic (exact) mass is 780 g/mol. The van der Waals surface area contributed by atoms with Crippen molar-refractivity contribution in [3.8, 4) is 0 Å².